The first-order chi connectivity index (χ1) is 15.6. The Labute approximate surface area is 192 Å². The lowest BCUT2D eigenvalue weighted by atomic mass is 10.1. The topological polar surface area (TPSA) is 55.9 Å². The molecule has 3 rings (SSSR count). The van der Waals surface area contributed by atoms with E-state index in [0.717, 1.165) is 25.7 Å². The van der Waals surface area contributed by atoms with Crippen molar-refractivity contribution in [3.63, 3.8) is 0 Å². The minimum Gasteiger partial charge on any atom is -0.339 e. The van der Waals surface area contributed by atoms with E-state index in [-0.39, 0.29) is 24.7 Å². The van der Waals surface area contributed by atoms with Gasteiger partial charge < -0.3 is 10.2 Å². The Kier molecular flexibility index (Phi) is 8.10. The maximum atomic E-state index is 13.1. The van der Waals surface area contributed by atoms with Gasteiger partial charge in [0.1, 0.15) is 0 Å². The van der Waals surface area contributed by atoms with Crippen LogP contribution in [0.5, 0.6) is 0 Å². The molecule has 0 aliphatic carbocycles. The molecular formula is C24H29F3N4O2. The van der Waals surface area contributed by atoms with E-state index < -0.39 is 17.6 Å². The number of nitrogens with one attached hydrogen (secondary N) is 1. The number of hydrogen-bond acceptors (Lipinski definition) is 4. The SMILES string of the molecule is Cc1ccccc1CN1CCN(C(=O)CN(C)CC(=O)Nc2ccccc2C(F)(F)F)CC1. The van der Waals surface area contributed by atoms with E-state index in [1.54, 1.807) is 11.9 Å². The molecule has 0 unspecified atom stereocenters. The fourth-order valence-electron chi connectivity index (χ4n) is 3.84. The molecule has 2 aromatic rings. The number of carbonyl (C=O) groups is 2. The zero-order valence-corrected chi connectivity index (χ0v) is 18.9. The van der Waals surface area contributed by atoms with Crippen LogP contribution in [0.2, 0.25) is 0 Å². The molecule has 178 valence electrons. The van der Waals surface area contributed by atoms with E-state index in [1.165, 1.54) is 34.2 Å². The summed E-state index contributed by atoms with van der Waals surface area (Å²) in [6.07, 6.45) is -4.56. The lowest BCUT2D eigenvalue weighted by molar-refractivity contribution is -0.137. The van der Waals surface area contributed by atoms with Crippen molar-refractivity contribution in [2.75, 3.05) is 51.6 Å². The third kappa shape index (κ3) is 7.03. The standard InChI is InChI=1S/C24H29F3N4O2/c1-18-7-3-4-8-19(18)15-30-11-13-31(14-12-30)23(33)17-29(2)16-22(32)28-21-10-6-5-9-20(21)24(25,26)27/h3-10H,11-17H2,1-2H3,(H,28,32). The van der Waals surface area contributed by atoms with Crippen LogP contribution in [0.1, 0.15) is 16.7 Å². The van der Waals surface area contributed by atoms with Crippen molar-refractivity contribution in [2.24, 2.45) is 0 Å². The van der Waals surface area contributed by atoms with E-state index >= 15 is 0 Å². The quantitative estimate of drug-likeness (QED) is 0.687. The summed E-state index contributed by atoms with van der Waals surface area (Å²) in [6, 6.07) is 13.1. The van der Waals surface area contributed by atoms with Gasteiger partial charge in [0, 0.05) is 32.7 Å². The highest BCUT2D eigenvalue weighted by atomic mass is 19.4. The van der Waals surface area contributed by atoms with Gasteiger partial charge in [0.05, 0.1) is 24.3 Å². The van der Waals surface area contributed by atoms with Gasteiger partial charge in [-0.2, -0.15) is 13.2 Å². The van der Waals surface area contributed by atoms with E-state index in [9.17, 15) is 22.8 Å². The third-order valence-corrected chi connectivity index (χ3v) is 5.71. The van der Waals surface area contributed by atoms with Gasteiger partial charge in [-0.3, -0.25) is 19.4 Å². The number of alkyl halides is 3. The third-order valence-electron chi connectivity index (χ3n) is 5.71. The molecule has 0 radical (unpaired) electrons. The number of rotatable bonds is 7. The van der Waals surface area contributed by atoms with Crippen LogP contribution in [0.4, 0.5) is 18.9 Å². The second-order valence-corrected chi connectivity index (χ2v) is 8.35. The smallest absolute Gasteiger partial charge is 0.339 e. The molecule has 0 saturated carbocycles. The number of hydrogen-bond donors (Lipinski definition) is 1. The normalized spacial score (nSPS) is 15.0. The van der Waals surface area contributed by atoms with Gasteiger partial charge in [0.25, 0.3) is 0 Å². The second kappa shape index (κ2) is 10.8. The van der Waals surface area contributed by atoms with Crippen LogP contribution < -0.4 is 5.32 Å². The summed E-state index contributed by atoms with van der Waals surface area (Å²) < 4.78 is 39.3. The Bertz CT molecular complexity index is 972. The largest absolute Gasteiger partial charge is 0.418 e. The second-order valence-electron chi connectivity index (χ2n) is 8.35. The van der Waals surface area contributed by atoms with Crippen molar-refractivity contribution in [3.05, 3.63) is 65.2 Å². The van der Waals surface area contributed by atoms with Crippen molar-refractivity contribution in [1.82, 2.24) is 14.7 Å². The minimum atomic E-state index is -4.56. The number of halogens is 3. The summed E-state index contributed by atoms with van der Waals surface area (Å²) in [4.78, 5) is 30.5. The summed E-state index contributed by atoms with van der Waals surface area (Å²) in [7, 11) is 1.60. The maximum Gasteiger partial charge on any atom is 0.418 e. The first-order valence-corrected chi connectivity index (χ1v) is 10.8. The number of para-hydroxylation sites is 1. The van der Waals surface area contributed by atoms with Crippen molar-refractivity contribution in [2.45, 2.75) is 19.6 Å². The van der Waals surface area contributed by atoms with Crippen LogP contribution >= 0.6 is 0 Å². The summed E-state index contributed by atoms with van der Waals surface area (Å²) >= 11 is 0. The summed E-state index contributed by atoms with van der Waals surface area (Å²) in [6.45, 7) is 5.48. The molecule has 1 aliphatic heterocycles. The lowest BCUT2D eigenvalue weighted by Crippen LogP contribution is -2.51. The average Bonchev–Trinajstić information content (AvgIpc) is 2.75. The number of nitrogens with zero attached hydrogens (tertiary/aromatic N) is 3. The van der Waals surface area contributed by atoms with Gasteiger partial charge in [-0.25, -0.2) is 0 Å². The van der Waals surface area contributed by atoms with E-state index in [0.29, 0.717) is 13.1 Å². The number of carbonyl (C=O) groups excluding carboxylic acids is 2. The Balaban J connectivity index is 1.45. The highest BCUT2D eigenvalue weighted by Crippen LogP contribution is 2.34. The number of amides is 2. The number of piperazine rings is 1. The zero-order valence-electron chi connectivity index (χ0n) is 18.9. The number of anilines is 1. The Morgan fingerprint density at radius 3 is 2.27 bits per heavy atom. The molecule has 0 spiro atoms. The van der Waals surface area contributed by atoms with E-state index in [4.69, 9.17) is 0 Å². The Morgan fingerprint density at radius 2 is 1.61 bits per heavy atom. The number of aryl methyl sites for hydroxylation is 1. The molecule has 0 aromatic heterocycles. The van der Waals surface area contributed by atoms with Crippen LogP contribution in [0.25, 0.3) is 0 Å². The molecule has 2 aromatic carbocycles. The fraction of sp³-hybridized carbons (Fsp3) is 0.417. The Morgan fingerprint density at radius 1 is 0.970 bits per heavy atom. The highest BCUT2D eigenvalue weighted by Gasteiger charge is 2.33. The first-order valence-electron chi connectivity index (χ1n) is 10.8. The summed E-state index contributed by atoms with van der Waals surface area (Å²) in [5, 5.41) is 2.30. The number of likely N-dealkylation sites (N-methyl/N-ethyl adjacent to an activating group) is 1. The highest BCUT2D eigenvalue weighted by molar-refractivity contribution is 5.93. The minimum absolute atomic E-state index is 0.0200. The molecule has 1 saturated heterocycles. The molecule has 9 heteroatoms. The van der Waals surface area contributed by atoms with Crippen molar-refractivity contribution >= 4 is 17.5 Å². The van der Waals surface area contributed by atoms with Gasteiger partial charge >= 0.3 is 6.18 Å². The number of benzene rings is 2. The molecule has 1 fully saturated rings. The lowest BCUT2D eigenvalue weighted by Gasteiger charge is -2.35. The van der Waals surface area contributed by atoms with Crippen LogP contribution in [0.15, 0.2) is 48.5 Å². The van der Waals surface area contributed by atoms with Gasteiger partial charge in [0.15, 0.2) is 0 Å². The van der Waals surface area contributed by atoms with Crippen LogP contribution in [-0.2, 0) is 22.3 Å². The van der Waals surface area contributed by atoms with Gasteiger partial charge in [-0.1, -0.05) is 36.4 Å². The summed E-state index contributed by atoms with van der Waals surface area (Å²) in [5.41, 5.74) is 1.32. The molecule has 1 heterocycles. The fourth-order valence-corrected chi connectivity index (χ4v) is 3.84. The molecule has 2 amide bonds. The summed E-state index contributed by atoms with van der Waals surface area (Å²) in [5.74, 6) is -0.707. The van der Waals surface area contributed by atoms with Crippen molar-refractivity contribution in [1.29, 1.82) is 0 Å². The zero-order chi connectivity index (χ0) is 24.0. The monoisotopic (exact) mass is 462 g/mol. The Hall–Kier alpha value is -2.91. The average molecular weight is 463 g/mol. The predicted molar refractivity (Wildman–Crippen MR) is 121 cm³/mol. The molecular weight excluding hydrogens is 433 g/mol. The van der Waals surface area contributed by atoms with E-state index in [1.807, 2.05) is 12.1 Å². The molecule has 33 heavy (non-hydrogen) atoms. The molecule has 1 N–H and O–H groups in total. The molecule has 6 nitrogen and oxygen atoms in total. The van der Waals surface area contributed by atoms with Crippen LogP contribution in [0.3, 0.4) is 0 Å². The van der Waals surface area contributed by atoms with Crippen molar-refractivity contribution in [3.8, 4) is 0 Å². The van der Waals surface area contributed by atoms with Crippen LogP contribution in [0, 0.1) is 6.92 Å². The predicted octanol–water partition coefficient (Wildman–Crippen LogP) is 3.23. The van der Waals surface area contributed by atoms with Gasteiger partial charge in [-0.05, 0) is 37.2 Å². The van der Waals surface area contributed by atoms with E-state index in [2.05, 4.69) is 29.3 Å². The molecule has 0 atom stereocenters. The first kappa shape index (κ1) is 24.7. The van der Waals surface area contributed by atoms with Crippen LogP contribution in [-0.4, -0.2) is 72.8 Å². The molecule has 1 aliphatic rings. The van der Waals surface area contributed by atoms with Gasteiger partial charge in [0.2, 0.25) is 11.8 Å². The van der Waals surface area contributed by atoms with Crippen molar-refractivity contribution < 1.29 is 22.8 Å². The maximum absolute atomic E-state index is 13.1. The molecule has 0 bridgehead atoms. The van der Waals surface area contributed by atoms with Gasteiger partial charge in [-0.15, -0.1) is 0 Å².